The summed E-state index contributed by atoms with van der Waals surface area (Å²) in [7, 11) is 0. The fourth-order valence-corrected chi connectivity index (χ4v) is 3.65. The molecule has 0 radical (unpaired) electrons. The molecule has 9 N–H and O–H groups in total. The summed E-state index contributed by atoms with van der Waals surface area (Å²) in [5.74, 6) is -2.03. The number of aliphatic imine (C=N–C) groups is 2. The highest BCUT2D eigenvalue weighted by molar-refractivity contribution is 5.87. The fourth-order valence-electron chi connectivity index (χ4n) is 3.65. The molecule has 1 spiro atoms. The van der Waals surface area contributed by atoms with Gasteiger partial charge in [0.1, 0.15) is 18.7 Å². The smallest absolute Gasteiger partial charge is 0.404 e. The number of carbonyl (C=O) groups excluding carboxylic acids is 1. The highest BCUT2D eigenvalue weighted by Gasteiger charge is 2.71. The molecule has 0 aromatic rings. The molecule has 1 unspecified atom stereocenters. The van der Waals surface area contributed by atoms with Gasteiger partial charge in [0.15, 0.2) is 17.6 Å². The third-order valence-electron chi connectivity index (χ3n) is 4.34. The topological polar surface area (TPSA) is 185 Å². The number of rotatable bonds is 2. The number of nitrogens with zero attached hydrogens (tertiary/aromatic N) is 3. The van der Waals surface area contributed by atoms with E-state index < -0.39 is 29.6 Å². The average Bonchev–Trinajstić information content (AvgIpc) is 2.82. The van der Waals surface area contributed by atoms with Crippen molar-refractivity contribution in [3.05, 3.63) is 0 Å². The van der Waals surface area contributed by atoms with Gasteiger partial charge in [0.25, 0.3) is 0 Å². The molecule has 122 valence electrons. The molecule has 3 rings (SSSR count). The first-order valence-corrected chi connectivity index (χ1v) is 6.80. The van der Waals surface area contributed by atoms with Crippen molar-refractivity contribution in [2.45, 2.75) is 42.9 Å². The van der Waals surface area contributed by atoms with Gasteiger partial charge in [0.05, 0.1) is 0 Å². The molecule has 3 heterocycles. The summed E-state index contributed by atoms with van der Waals surface area (Å²) >= 11 is 0. The second-order valence-electron chi connectivity index (χ2n) is 5.78. The summed E-state index contributed by atoms with van der Waals surface area (Å²) < 4.78 is 4.77. The van der Waals surface area contributed by atoms with Gasteiger partial charge in [-0.25, -0.2) is 14.8 Å². The lowest BCUT2D eigenvalue weighted by Gasteiger charge is -2.49. The summed E-state index contributed by atoms with van der Waals surface area (Å²) in [6.45, 7) is 1.59. The van der Waals surface area contributed by atoms with E-state index in [9.17, 15) is 15.0 Å². The average molecular weight is 313 g/mol. The molecule has 0 bridgehead atoms. The molecule has 1 saturated heterocycles. The normalized spacial score (nSPS) is 38.5. The van der Waals surface area contributed by atoms with Crippen LogP contribution in [-0.2, 0) is 4.74 Å². The minimum Gasteiger partial charge on any atom is -0.447 e. The third-order valence-corrected chi connectivity index (χ3v) is 4.34. The van der Waals surface area contributed by atoms with E-state index in [1.54, 1.807) is 11.8 Å². The molecule has 22 heavy (non-hydrogen) atoms. The number of primary amides is 1. The minimum absolute atomic E-state index is 0.0267. The number of nitrogens with two attached hydrogens (primary N) is 3. The van der Waals surface area contributed by atoms with Crippen LogP contribution in [0.4, 0.5) is 4.79 Å². The maximum atomic E-state index is 10.8. The number of aliphatic hydroxyl groups is 2. The molecule has 1 amide bonds. The Kier molecular flexibility index (Phi) is 2.91. The number of guanidine groups is 2. The van der Waals surface area contributed by atoms with Crippen LogP contribution in [0.3, 0.4) is 0 Å². The maximum absolute atomic E-state index is 10.8. The van der Waals surface area contributed by atoms with Crippen molar-refractivity contribution in [3.8, 4) is 0 Å². The van der Waals surface area contributed by atoms with Gasteiger partial charge < -0.3 is 42.4 Å². The first-order chi connectivity index (χ1) is 10.2. The summed E-state index contributed by atoms with van der Waals surface area (Å²) in [5, 5.41) is 23.9. The van der Waals surface area contributed by atoms with E-state index in [1.807, 2.05) is 0 Å². The largest absolute Gasteiger partial charge is 0.447 e. The Bertz CT molecular complexity index is 577. The Morgan fingerprint density at radius 2 is 2.18 bits per heavy atom. The molecular formula is C11H19N7O4. The van der Waals surface area contributed by atoms with Gasteiger partial charge >= 0.3 is 6.09 Å². The Labute approximate surface area is 125 Å². The Morgan fingerprint density at radius 1 is 1.50 bits per heavy atom. The van der Waals surface area contributed by atoms with E-state index in [2.05, 4.69) is 15.3 Å². The van der Waals surface area contributed by atoms with Crippen LogP contribution >= 0.6 is 0 Å². The van der Waals surface area contributed by atoms with Gasteiger partial charge in [0, 0.05) is 12.5 Å². The van der Waals surface area contributed by atoms with E-state index in [1.165, 1.54) is 0 Å². The van der Waals surface area contributed by atoms with Crippen LogP contribution in [0.5, 0.6) is 0 Å². The monoisotopic (exact) mass is 313 g/mol. The summed E-state index contributed by atoms with van der Waals surface area (Å²) in [6.07, 6.45) is -0.939. The molecule has 11 heteroatoms. The highest BCUT2D eigenvalue weighted by Crippen LogP contribution is 2.47. The number of amides is 1. The van der Waals surface area contributed by atoms with E-state index in [-0.39, 0.29) is 31.0 Å². The molecule has 11 nitrogen and oxygen atoms in total. The molecular weight excluding hydrogens is 294 g/mol. The zero-order chi connectivity index (χ0) is 16.3. The van der Waals surface area contributed by atoms with E-state index in [4.69, 9.17) is 21.9 Å². The lowest BCUT2D eigenvalue weighted by atomic mass is 9.87. The number of nitrogens with one attached hydrogen (secondary N) is 1. The summed E-state index contributed by atoms with van der Waals surface area (Å²) in [6, 6.07) is -1.83. The molecule has 3 aliphatic rings. The van der Waals surface area contributed by atoms with Crippen LogP contribution < -0.4 is 22.5 Å². The Hall–Kier alpha value is -2.27. The van der Waals surface area contributed by atoms with Crippen molar-refractivity contribution >= 4 is 18.0 Å². The summed E-state index contributed by atoms with van der Waals surface area (Å²) in [5.41, 5.74) is 15.2. The number of ether oxygens (including phenoxy) is 1. The third kappa shape index (κ3) is 1.72. The zero-order valence-corrected chi connectivity index (χ0v) is 11.9. The van der Waals surface area contributed by atoms with Gasteiger partial charge in [0.2, 0.25) is 5.79 Å². The Morgan fingerprint density at radius 3 is 2.82 bits per heavy atom. The fraction of sp³-hybridized carbons (Fsp3) is 0.727. The lowest BCUT2D eigenvalue weighted by molar-refractivity contribution is -0.221. The predicted octanol–water partition coefficient (Wildman–Crippen LogP) is -3.46. The van der Waals surface area contributed by atoms with Gasteiger partial charge in [-0.1, -0.05) is 0 Å². The predicted molar refractivity (Wildman–Crippen MR) is 75.3 cm³/mol. The van der Waals surface area contributed by atoms with Gasteiger partial charge in [-0.2, -0.15) is 0 Å². The highest BCUT2D eigenvalue weighted by atomic mass is 16.5. The second kappa shape index (κ2) is 4.36. The molecule has 0 aromatic carbocycles. The molecule has 3 aliphatic heterocycles. The van der Waals surface area contributed by atoms with Crippen molar-refractivity contribution in [2.75, 3.05) is 6.61 Å². The molecule has 0 aliphatic carbocycles. The summed E-state index contributed by atoms with van der Waals surface area (Å²) in [4.78, 5) is 20.8. The minimum atomic E-state index is -2.15. The molecule has 1 fully saturated rings. The first-order valence-electron chi connectivity index (χ1n) is 6.80. The van der Waals surface area contributed by atoms with Gasteiger partial charge in [-0.3, -0.25) is 0 Å². The quantitative estimate of drug-likeness (QED) is 0.284. The van der Waals surface area contributed by atoms with Crippen LogP contribution in [0.2, 0.25) is 0 Å². The van der Waals surface area contributed by atoms with Crippen molar-refractivity contribution in [2.24, 2.45) is 27.2 Å². The lowest BCUT2D eigenvalue weighted by Crippen LogP contribution is -2.77. The first kappa shape index (κ1) is 14.7. The van der Waals surface area contributed by atoms with E-state index in [0.717, 1.165) is 0 Å². The van der Waals surface area contributed by atoms with Crippen LogP contribution in [0.1, 0.15) is 13.3 Å². The SMILES string of the molecule is CC1CC(O)(O)[C@]23NC(N)=N[C@H]2[C@H](COC(N)=O)N=C(N)N13. The number of hydrogen-bond donors (Lipinski definition) is 6. The van der Waals surface area contributed by atoms with Crippen LogP contribution in [0.25, 0.3) is 0 Å². The van der Waals surface area contributed by atoms with E-state index in [0.29, 0.717) is 0 Å². The molecule has 4 atom stereocenters. The maximum Gasteiger partial charge on any atom is 0.404 e. The van der Waals surface area contributed by atoms with Crippen LogP contribution in [0, 0.1) is 0 Å². The van der Waals surface area contributed by atoms with E-state index >= 15 is 0 Å². The molecule has 0 aromatic heterocycles. The van der Waals surface area contributed by atoms with Gasteiger partial charge in [-0.15, -0.1) is 0 Å². The van der Waals surface area contributed by atoms with Crippen LogP contribution in [-0.4, -0.2) is 69.3 Å². The van der Waals surface area contributed by atoms with Crippen molar-refractivity contribution in [3.63, 3.8) is 0 Å². The molecule has 0 saturated carbocycles. The van der Waals surface area contributed by atoms with Crippen molar-refractivity contribution < 1.29 is 19.7 Å². The van der Waals surface area contributed by atoms with Gasteiger partial charge in [-0.05, 0) is 6.92 Å². The van der Waals surface area contributed by atoms with Crippen molar-refractivity contribution in [1.29, 1.82) is 0 Å². The zero-order valence-electron chi connectivity index (χ0n) is 11.9. The van der Waals surface area contributed by atoms with Crippen LogP contribution in [0.15, 0.2) is 9.98 Å². The number of carbonyl (C=O) groups is 1. The van der Waals surface area contributed by atoms with Crippen molar-refractivity contribution in [1.82, 2.24) is 10.2 Å². The number of hydrogen-bond acceptors (Lipinski definition) is 10. The second-order valence-corrected chi connectivity index (χ2v) is 5.78. The standard InChI is InChI=1S/C11H19N7O4/c1-4-2-10(20,21)11-6(16-7(12)17-11)5(3-22-9(14)19)15-8(13)18(4)11/h4-6,20-21H,2-3H2,1H3,(H2,13,15)(H2,14,19)(H3,12,16,17)/t4?,5-,6-,11-/m0/s1. The Balaban J connectivity index is 2.05.